The van der Waals surface area contributed by atoms with Crippen molar-refractivity contribution in [2.45, 2.75) is 26.2 Å². The summed E-state index contributed by atoms with van der Waals surface area (Å²) in [6.07, 6.45) is 3.26. The summed E-state index contributed by atoms with van der Waals surface area (Å²) in [6.45, 7) is 3.98. The average molecular weight is 237 g/mol. The number of hydrogen-bond donors (Lipinski definition) is 1. The van der Waals surface area contributed by atoms with E-state index in [9.17, 15) is 4.39 Å². The van der Waals surface area contributed by atoms with E-state index >= 15 is 0 Å². The van der Waals surface area contributed by atoms with E-state index in [1.165, 1.54) is 18.9 Å². The Labute approximate surface area is 102 Å². The number of ether oxygens (including phenoxy) is 1. The lowest BCUT2D eigenvalue weighted by molar-refractivity contribution is 0.359. The van der Waals surface area contributed by atoms with Gasteiger partial charge in [-0.05, 0) is 62.9 Å². The first-order valence-electron chi connectivity index (χ1n) is 6.25. The van der Waals surface area contributed by atoms with Gasteiger partial charge in [0.1, 0.15) is 11.6 Å². The Bertz CT molecular complexity index is 386. The second-order valence-corrected chi connectivity index (χ2v) is 4.75. The number of benzene rings is 1. The van der Waals surface area contributed by atoms with Gasteiger partial charge in [0.25, 0.3) is 0 Å². The van der Waals surface area contributed by atoms with Crippen LogP contribution in [-0.2, 0) is 6.42 Å². The van der Waals surface area contributed by atoms with Crippen LogP contribution in [0.25, 0.3) is 0 Å². The smallest absolute Gasteiger partial charge is 0.126 e. The Hall–Kier alpha value is -1.09. The molecule has 2 rings (SSSR count). The van der Waals surface area contributed by atoms with Crippen molar-refractivity contribution in [1.29, 1.82) is 0 Å². The minimum absolute atomic E-state index is 0.130. The SMILES string of the molecule is COc1ccc(F)c(C)c1CC1CCNCC1. The Kier molecular flexibility index (Phi) is 4.00. The molecule has 0 spiro atoms. The van der Waals surface area contributed by atoms with Gasteiger partial charge in [-0.1, -0.05) is 0 Å². The molecule has 94 valence electrons. The van der Waals surface area contributed by atoms with E-state index < -0.39 is 0 Å². The van der Waals surface area contributed by atoms with E-state index in [2.05, 4.69) is 5.32 Å². The van der Waals surface area contributed by atoms with Gasteiger partial charge < -0.3 is 10.1 Å². The fourth-order valence-electron chi connectivity index (χ4n) is 2.52. The van der Waals surface area contributed by atoms with Gasteiger partial charge >= 0.3 is 0 Å². The van der Waals surface area contributed by atoms with Crippen molar-refractivity contribution >= 4 is 0 Å². The van der Waals surface area contributed by atoms with E-state index in [1.54, 1.807) is 13.2 Å². The number of hydrogen-bond acceptors (Lipinski definition) is 2. The van der Waals surface area contributed by atoms with Crippen molar-refractivity contribution in [3.8, 4) is 5.75 Å². The molecule has 17 heavy (non-hydrogen) atoms. The topological polar surface area (TPSA) is 21.3 Å². The van der Waals surface area contributed by atoms with Gasteiger partial charge in [0, 0.05) is 5.56 Å². The molecule has 0 bridgehead atoms. The van der Waals surface area contributed by atoms with Crippen molar-refractivity contribution in [1.82, 2.24) is 5.32 Å². The van der Waals surface area contributed by atoms with Crippen molar-refractivity contribution in [2.24, 2.45) is 5.92 Å². The maximum absolute atomic E-state index is 13.6. The van der Waals surface area contributed by atoms with Crippen LogP contribution >= 0.6 is 0 Å². The molecule has 1 N–H and O–H groups in total. The monoisotopic (exact) mass is 237 g/mol. The van der Waals surface area contributed by atoms with Crippen molar-refractivity contribution in [3.63, 3.8) is 0 Å². The lowest BCUT2D eigenvalue weighted by atomic mass is 9.89. The van der Waals surface area contributed by atoms with Crippen LogP contribution in [0.4, 0.5) is 4.39 Å². The molecule has 1 aliphatic heterocycles. The second-order valence-electron chi connectivity index (χ2n) is 4.75. The molecule has 1 aromatic carbocycles. The average Bonchev–Trinajstić information content (AvgIpc) is 2.37. The molecule has 0 radical (unpaired) electrons. The molecule has 1 saturated heterocycles. The maximum atomic E-state index is 13.6. The summed E-state index contributed by atoms with van der Waals surface area (Å²) in [7, 11) is 1.65. The maximum Gasteiger partial charge on any atom is 0.126 e. The van der Waals surface area contributed by atoms with Crippen molar-refractivity contribution < 1.29 is 9.13 Å². The van der Waals surface area contributed by atoms with Gasteiger partial charge in [0.05, 0.1) is 7.11 Å². The molecular formula is C14H20FNO. The molecule has 1 fully saturated rings. The number of piperidine rings is 1. The summed E-state index contributed by atoms with van der Waals surface area (Å²) in [6, 6.07) is 3.22. The summed E-state index contributed by atoms with van der Waals surface area (Å²) in [5.41, 5.74) is 1.78. The van der Waals surface area contributed by atoms with Gasteiger partial charge in [0.15, 0.2) is 0 Å². The quantitative estimate of drug-likeness (QED) is 0.872. The molecule has 1 aliphatic rings. The Morgan fingerprint density at radius 1 is 1.35 bits per heavy atom. The second kappa shape index (κ2) is 5.50. The highest BCUT2D eigenvalue weighted by atomic mass is 19.1. The highest BCUT2D eigenvalue weighted by Gasteiger charge is 2.18. The molecule has 0 unspecified atom stereocenters. The number of methoxy groups -OCH3 is 1. The van der Waals surface area contributed by atoms with E-state index in [1.807, 2.05) is 6.92 Å². The summed E-state index contributed by atoms with van der Waals surface area (Å²) < 4.78 is 18.9. The molecule has 0 aliphatic carbocycles. The zero-order valence-electron chi connectivity index (χ0n) is 10.6. The van der Waals surface area contributed by atoms with Crippen LogP contribution < -0.4 is 10.1 Å². The van der Waals surface area contributed by atoms with Crippen LogP contribution in [0.2, 0.25) is 0 Å². The molecule has 0 aromatic heterocycles. The molecule has 2 nitrogen and oxygen atoms in total. The van der Waals surface area contributed by atoms with Crippen LogP contribution in [0.3, 0.4) is 0 Å². The minimum atomic E-state index is -0.130. The Balaban J connectivity index is 2.20. The molecule has 1 aromatic rings. The minimum Gasteiger partial charge on any atom is -0.496 e. The van der Waals surface area contributed by atoms with Gasteiger partial charge in [-0.3, -0.25) is 0 Å². The lowest BCUT2D eigenvalue weighted by Gasteiger charge is -2.24. The first kappa shape index (κ1) is 12.4. The van der Waals surface area contributed by atoms with E-state index in [0.717, 1.165) is 36.4 Å². The van der Waals surface area contributed by atoms with Crippen LogP contribution in [0.1, 0.15) is 24.0 Å². The fourth-order valence-corrected chi connectivity index (χ4v) is 2.52. The number of nitrogens with one attached hydrogen (secondary N) is 1. The van der Waals surface area contributed by atoms with Gasteiger partial charge in [-0.2, -0.15) is 0 Å². The first-order chi connectivity index (χ1) is 8.22. The van der Waals surface area contributed by atoms with Gasteiger partial charge in [0.2, 0.25) is 0 Å². The van der Waals surface area contributed by atoms with Crippen LogP contribution in [0, 0.1) is 18.7 Å². The van der Waals surface area contributed by atoms with E-state index in [-0.39, 0.29) is 5.82 Å². The Morgan fingerprint density at radius 2 is 2.06 bits per heavy atom. The van der Waals surface area contributed by atoms with E-state index in [4.69, 9.17) is 4.74 Å². The van der Waals surface area contributed by atoms with Crippen LogP contribution in [0.15, 0.2) is 12.1 Å². The predicted octanol–water partition coefficient (Wildman–Crippen LogP) is 2.68. The number of halogens is 1. The third kappa shape index (κ3) is 2.78. The van der Waals surface area contributed by atoms with E-state index in [0.29, 0.717) is 5.92 Å². The normalized spacial score (nSPS) is 17.1. The summed E-state index contributed by atoms with van der Waals surface area (Å²) >= 11 is 0. The first-order valence-corrected chi connectivity index (χ1v) is 6.25. The van der Waals surface area contributed by atoms with Crippen LogP contribution in [-0.4, -0.2) is 20.2 Å². The third-order valence-corrected chi connectivity index (χ3v) is 3.66. The van der Waals surface area contributed by atoms with Crippen molar-refractivity contribution in [3.05, 3.63) is 29.1 Å². The van der Waals surface area contributed by atoms with Gasteiger partial charge in [-0.15, -0.1) is 0 Å². The highest BCUT2D eigenvalue weighted by molar-refractivity contribution is 5.40. The lowest BCUT2D eigenvalue weighted by Crippen LogP contribution is -2.28. The van der Waals surface area contributed by atoms with Gasteiger partial charge in [-0.25, -0.2) is 4.39 Å². The van der Waals surface area contributed by atoms with Crippen molar-refractivity contribution in [2.75, 3.05) is 20.2 Å². The zero-order chi connectivity index (χ0) is 12.3. The molecule has 3 heteroatoms. The standard InChI is InChI=1S/C14H20FNO/c1-10-12(9-11-5-7-16-8-6-11)14(17-2)4-3-13(10)15/h3-4,11,16H,5-9H2,1-2H3. The molecule has 0 saturated carbocycles. The molecule has 1 heterocycles. The third-order valence-electron chi connectivity index (χ3n) is 3.66. The summed E-state index contributed by atoms with van der Waals surface area (Å²) in [4.78, 5) is 0. The summed E-state index contributed by atoms with van der Waals surface area (Å²) in [5, 5.41) is 3.35. The molecule has 0 atom stereocenters. The fraction of sp³-hybridized carbons (Fsp3) is 0.571. The molecule has 0 amide bonds. The highest BCUT2D eigenvalue weighted by Crippen LogP contribution is 2.29. The summed E-state index contributed by atoms with van der Waals surface area (Å²) in [5.74, 6) is 1.34. The zero-order valence-corrected chi connectivity index (χ0v) is 10.6. The molecular weight excluding hydrogens is 217 g/mol. The number of rotatable bonds is 3. The predicted molar refractivity (Wildman–Crippen MR) is 67.0 cm³/mol. The largest absolute Gasteiger partial charge is 0.496 e. The Morgan fingerprint density at radius 3 is 2.71 bits per heavy atom. The van der Waals surface area contributed by atoms with Crippen LogP contribution in [0.5, 0.6) is 5.75 Å².